The maximum atomic E-state index is 12.4. The Balaban J connectivity index is 2.01. The number of nitrogens with two attached hydrogens (primary N) is 1. The van der Waals surface area contributed by atoms with Crippen LogP contribution in [0.4, 0.5) is 5.69 Å². The topological polar surface area (TPSA) is 74.7 Å². The Hall–Kier alpha value is -1.53. The number of nitrogen functional groups attached to an aromatic ring is 1. The number of carbonyl (C=O) groups excluding carboxylic acids is 1. The summed E-state index contributed by atoms with van der Waals surface area (Å²) in [4.78, 5) is 16.5. The summed E-state index contributed by atoms with van der Waals surface area (Å²) >= 11 is 0. The zero-order valence-electron chi connectivity index (χ0n) is 11.4. The molecule has 1 fully saturated rings. The van der Waals surface area contributed by atoms with Crippen LogP contribution in [-0.2, 0) is 6.54 Å². The zero-order valence-corrected chi connectivity index (χ0v) is 11.4. The van der Waals surface area contributed by atoms with Gasteiger partial charge in [-0.25, -0.2) is 0 Å². The highest BCUT2D eigenvalue weighted by Gasteiger charge is 2.23. The Morgan fingerprint density at radius 3 is 2.63 bits per heavy atom. The van der Waals surface area contributed by atoms with Crippen LogP contribution < -0.4 is 5.73 Å². The minimum atomic E-state index is 0.0437. The lowest BCUT2D eigenvalue weighted by atomic mass is 10.2. The van der Waals surface area contributed by atoms with Crippen LogP contribution in [0.3, 0.4) is 0 Å². The molecular formula is C13H22N4O2. The SMILES string of the molecule is CCn1cc(N)cc1C(=O)N1CCN(CCO)CC1. The average Bonchev–Trinajstić information content (AvgIpc) is 2.80. The number of aryl methyl sites for hydroxylation is 1. The molecule has 3 N–H and O–H groups in total. The third-order valence-corrected chi connectivity index (χ3v) is 3.55. The number of aromatic nitrogens is 1. The van der Waals surface area contributed by atoms with E-state index >= 15 is 0 Å². The first-order chi connectivity index (χ1) is 9.15. The number of aliphatic hydroxyl groups is 1. The van der Waals surface area contributed by atoms with Gasteiger partial charge in [0, 0.05) is 45.5 Å². The van der Waals surface area contributed by atoms with Crippen LogP contribution in [0.25, 0.3) is 0 Å². The van der Waals surface area contributed by atoms with E-state index in [9.17, 15) is 4.79 Å². The van der Waals surface area contributed by atoms with Crippen molar-refractivity contribution in [3.05, 3.63) is 18.0 Å². The van der Waals surface area contributed by atoms with Crippen LogP contribution in [0, 0.1) is 0 Å². The molecule has 1 aromatic heterocycles. The molecule has 106 valence electrons. The molecule has 1 aliphatic rings. The van der Waals surface area contributed by atoms with Crippen molar-refractivity contribution in [3.8, 4) is 0 Å². The summed E-state index contributed by atoms with van der Waals surface area (Å²) in [6.45, 7) is 6.62. The van der Waals surface area contributed by atoms with Gasteiger partial charge in [0.1, 0.15) is 5.69 Å². The van der Waals surface area contributed by atoms with Gasteiger partial charge >= 0.3 is 0 Å². The van der Waals surface area contributed by atoms with E-state index in [4.69, 9.17) is 10.8 Å². The van der Waals surface area contributed by atoms with E-state index in [0.717, 1.165) is 19.6 Å². The maximum absolute atomic E-state index is 12.4. The third kappa shape index (κ3) is 3.08. The molecule has 0 bridgehead atoms. The van der Waals surface area contributed by atoms with Crippen molar-refractivity contribution in [1.29, 1.82) is 0 Å². The fraction of sp³-hybridized carbons (Fsp3) is 0.615. The molecule has 6 heteroatoms. The number of piperazine rings is 1. The number of rotatable bonds is 4. The van der Waals surface area contributed by atoms with Gasteiger partial charge in [-0.3, -0.25) is 9.69 Å². The van der Waals surface area contributed by atoms with Crippen molar-refractivity contribution in [2.45, 2.75) is 13.5 Å². The first-order valence-electron chi connectivity index (χ1n) is 6.73. The molecule has 0 aromatic carbocycles. The molecule has 2 heterocycles. The number of β-amino-alcohol motifs (C(OH)–C–C–N with tert-alkyl or cyclic N) is 1. The standard InChI is InChI=1S/C13H22N4O2/c1-2-16-10-11(14)9-12(16)13(19)17-5-3-15(4-6-17)7-8-18/h9-10,18H,2-8,14H2,1H3. The maximum Gasteiger partial charge on any atom is 0.270 e. The largest absolute Gasteiger partial charge is 0.397 e. The normalized spacial score (nSPS) is 16.8. The number of hydrogen-bond acceptors (Lipinski definition) is 4. The second kappa shape index (κ2) is 6.08. The van der Waals surface area contributed by atoms with Gasteiger partial charge in [0.2, 0.25) is 0 Å². The van der Waals surface area contributed by atoms with Crippen LogP contribution in [0.15, 0.2) is 12.3 Å². The Bertz CT molecular complexity index is 436. The van der Waals surface area contributed by atoms with Gasteiger partial charge in [-0.1, -0.05) is 0 Å². The molecule has 6 nitrogen and oxygen atoms in total. The third-order valence-electron chi connectivity index (χ3n) is 3.55. The van der Waals surface area contributed by atoms with Crippen LogP contribution in [0.5, 0.6) is 0 Å². The molecule has 0 atom stereocenters. The molecule has 19 heavy (non-hydrogen) atoms. The van der Waals surface area contributed by atoms with Gasteiger partial charge in [0.15, 0.2) is 0 Å². The fourth-order valence-corrected chi connectivity index (χ4v) is 2.45. The number of aliphatic hydroxyl groups excluding tert-OH is 1. The van der Waals surface area contributed by atoms with Crippen LogP contribution >= 0.6 is 0 Å². The quantitative estimate of drug-likeness (QED) is 0.794. The summed E-state index contributed by atoms with van der Waals surface area (Å²) in [5.74, 6) is 0.0437. The van der Waals surface area contributed by atoms with E-state index in [1.54, 1.807) is 12.3 Å². The number of anilines is 1. The van der Waals surface area contributed by atoms with Crippen LogP contribution in [-0.4, -0.2) is 64.7 Å². The smallest absolute Gasteiger partial charge is 0.270 e. The van der Waals surface area contributed by atoms with Gasteiger partial charge in [-0.15, -0.1) is 0 Å². The van der Waals surface area contributed by atoms with E-state index in [1.807, 2.05) is 16.4 Å². The summed E-state index contributed by atoms with van der Waals surface area (Å²) in [6.07, 6.45) is 1.80. The van der Waals surface area contributed by atoms with E-state index in [0.29, 0.717) is 31.0 Å². The number of nitrogens with zero attached hydrogens (tertiary/aromatic N) is 3. The summed E-state index contributed by atoms with van der Waals surface area (Å²) in [5.41, 5.74) is 7.05. The highest BCUT2D eigenvalue weighted by atomic mass is 16.3. The van der Waals surface area contributed by atoms with E-state index in [1.165, 1.54) is 0 Å². The second-order valence-electron chi connectivity index (χ2n) is 4.80. The minimum Gasteiger partial charge on any atom is -0.397 e. The van der Waals surface area contributed by atoms with E-state index in [-0.39, 0.29) is 12.5 Å². The molecule has 0 radical (unpaired) electrons. The van der Waals surface area contributed by atoms with Crippen LogP contribution in [0.1, 0.15) is 17.4 Å². The van der Waals surface area contributed by atoms with Gasteiger partial charge in [-0.05, 0) is 13.0 Å². The highest BCUT2D eigenvalue weighted by molar-refractivity contribution is 5.94. The molecular weight excluding hydrogens is 244 g/mol. The number of carbonyl (C=O) groups is 1. The predicted octanol–water partition coefficient (Wildman–Crippen LogP) is -0.160. The predicted molar refractivity (Wildman–Crippen MR) is 73.9 cm³/mol. The zero-order chi connectivity index (χ0) is 13.8. The van der Waals surface area contributed by atoms with Gasteiger partial charge in [0.25, 0.3) is 5.91 Å². The molecule has 1 aromatic rings. The van der Waals surface area contributed by atoms with Gasteiger partial charge in [0.05, 0.1) is 12.3 Å². The van der Waals surface area contributed by atoms with Crippen molar-refractivity contribution in [1.82, 2.24) is 14.4 Å². The molecule has 2 rings (SSSR count). The molecule has 0 unspecified atom stereocenters. The van der Waals surface area contributed by atoms with Crippen molar-refractivity contribution in [2.24, 2.45) is 0 Å². The molecule has 1 saturated heterocycles. The lowest BCUT2D eigenvalue weighted by Gasteiger charge is -2.34. The fourth-order valence-electron chi connectivity index (χ4n) is 2.45. The van der Waals surface area contributed by atoms with Crippen molar-refractivity contribution in [2.75, 3.05) is 45.1 Å². The summed E-state index contributed by atoms with van der Waals surface area (Å²) in [7, 11) is 0. The Kier molecular flexibility index (Phi) is 4.44. The van der Waals surface area contributed by atoms with E-state index < -0.39 is 0 Å². The summed E-state index contributed by atoms with van der Waals surface area (Å²) in [6, 6.07) is 1.74. The monoisotopic (exact) mass is 266 g/mol. The first kappa shape index (κ1) is 13.9. The Labute approximate surface area is 113 Å². The average molecular weight is 266 g/mol. The minimum absolute atomic E-state index is 0.0437. The second-order valence-corrected chi connectivity index (χ2v) is 4.80. The Morgan fingerprint density at radius 2 is 2.05 bits per heavy atom. The van der Waals surface area contributed by atoms with Crippen molar-refractivity contribution in [3.63, 3.8) is 0 Å². The summed E-state index contributed by atoms with van der Waals surface area (Å²) < 4.78 is 1.89. The Morgan fingerprint density at radius 1 is 1.37 bits per heavy atom. The summed E-state index contributed by atoms with van der Waals surface area (Å²) in [5, 5.41) is 8.90. The van der Waals surface area contributed by atoms with Crippen molar-refractivity contribution < 1.29 is 9.90 Å². The molecule has 0 spiro atoms. The first-order valence-corrected chi connectivity index (χ1v) is 6.73. The lowest BCUT2D eigenvalue weighted by molar-refractivity contribution is 0.0605. The van der Waals surface area contributed by atoms with E-state index in [2.05, 4.69) is 4.90 Å². The molecule has 0 saturated carbocycles. The molecule has 0 aliphatic carbocycles. The number of hydrogen-bond donors (Lipinski definition) is 2. The van der Waals surface area contributed by atoms with Crippen molar-refractivity contribution >= 4 is 11.6 Å². The van der Waals surface area contributed by atoms with Crippen LogP contribution in [0.2, 0.25) is 0 Å². The molecule has 1 aliphatic heterocycles. The molecule has 1 amide bonds. The highest BCUT2D eigenvalue weighted by Crippen LogP contribution is 2.14. The number of amides is 1. The van der Waals surface area contributed by atoms with Gasteiger partial charge < -0.3 is 20.3 Å². The van der Waals surface area contributed by atoms with Gasteiger partial charge in [-0.2, -0.15) is 0 Å². The lowest BCUT2D eigenvalue weighted by Crippen LogP contribution is -2.49.